The van der Waals surface area contributed by atoms with Gasteiger partial charge in [-0.1, -0.05) is 18.2 Å². The van der Waals surface area contributed by atoms with Crippen LogP contribution in [0.4, 0.5) is 4.39 Å². The van der Waals surface area contributed by atoms with Crippen molar-refractivity contribution in [1.82, 2.24) is 19.9 Å². The van der Waals surface area contributed by atoms with Crippen LogP contribution in [0.15, 0.2) is 42.7 Å². The lowest BCUT2D eigenvalue weighted by Gasteiger charge is -2.14. The fourth-order valence-electron chi connectivity index (χ4n) is 2.33. The van der Waals surface area contributed by atoms with Gasteiger partial charge in [0.2, 0.25) is 0 Å². The van der Waals surface area contributed by atoms with Gasteiger partial charge in [0.25, 0.3) is 0 Å². The maximum Gasteiger partial charge on any atom is 0.155 e. The van der Waals surface area contributed by atoms with E-state index in [1.165, 1.54) is 6.07 Å². The molecule has 0 spiro atoms. The molecule has 3 aromatic rings. The summed E-state index contributed by atoms with van der Waals surface area (Å²) in [5.41, 5.74) is 3.45. The molecule has 0 saturated carbocycles. The number of hydrogen-bond donors (Lipinski definition) is 1. The molecule has 1 N–H and O–H groups in total. The first-order chi connectivity index (χ1) is 10.1. The van der Waals surface area contributed by atoms with Crippen LogP contribution in [0.2, 0.25) is 0 Å². The zero-order valence-electron chi connectivity index (χ0n) is 12.0. The summed E-state index contributed by atoms with van der Waals surface area (Å²) in [6, 6.07) is 8.68. The van der Waals surface area contributed by atoms with Crippen LogP contribution in [0.1, 0.15) is 29.8 Å². The van der Waals surface area contributed by atoms with Gasteiger partial charge in [0, 0.05) is 42.2 Å². The molecule has 4 nitrogen and oxygen atoms in total. The molecular weight excluding hydrogens is 267 g/mol. The van der Waals surface area contributed by atoms with E-state index < -0.39 is 0 Å². The van der Waals surface area contributed by atoms with E-state index in [4.69, 9.17) is 0 Å². The number of aromatic nitrogens is 3. The predicted octanol–water partition coefficient (Wildman–Crippen LogP) is 3.03. The van der Waals surface area contributed by atoms with Crippen molar-refractivity contribution in [1.29, 1.82) is 0 Å². The minimum Gasteiger partial charge on any atom is -0.306 e. The van der Waals surface area contributed by atoms with E-state index in [0.29, 0.717) is 12.1 Å². The lowest BCUT2D eigenvalue weighted by atomic mass is 10.1. The number of rotatable bonds is 4. The highest BCUT2D eigenvalue weighted by atomic mass is 19.1. The van der Waals surface area contributed by atoms with Crippen LogP contribution in [0.3, 0.4) is 0 Å². The van der Waals surface area contributed by atoms with Gasteiger partial charge in [-0.05, 0) is 19.9 Å². The van der Waals surface area contributed by atoms with Gasteiger partial charge in [0.15, 0.2) is 5.65 Å². The molecule has 2 aromatic heterocycles. The van der Waals surface area contributed by atoms with Crippen LogP contribution in [-0.2, 0) is 6.54 Å². The van der Waals surface area contributed by atoms with Crippen LogP contribution in [0, 0.1) is 12.7 Å². The van der Waals surface area contributed by atoms with Gasteiger partial charge < -0.3 is 5.32 Å². The Balaban J connectivity index is 1.72. The van der Waals surface area contributed by atoms with Gasteiger partial charge in [-0.3, -0.25) is 0 Å². The Morgan fingerprint density at radius 2 is 2.14 bits per heavy atom. The van der Waals surface area contributed by atoms with Gasteiger partial charge in [0.05, 0.1) is 5.69 Å². The molecule has 1 atom stereocenters. The second-order valence-electron chi connectivity index (χ2n) is 5.17. The standard InChI is InChI=1S/C16H17FN4/c1-11-7-16-19-9-13(10-21(16)20-11)8-18-12(2)14-5-3-4-6-15(14)17/h3-7,9-10,12,18H,8H2,1-2H3/t12-/m1/s1. The number of halogens is 1. The van der Waals surface area contributed by atoms with Crippen LogP contribution in [0.25, 0.3) is 5.65 Å². The van der Waals surface area contributed by atoms with E-state index in [0.717, 1.165) is 16.9 Å². The summed E-state index contributed by atoms with van der Waals surface area (Å²) < 4.78 is 15.5. The molecule has 0 radical (unpaired) electrons. The highest BCUT2D eigenvalue weighted by Gasteiger charge is 2.10. The number of fused-ring (bicyclic) bond motifs is 1. The summed E-state index contributed by atoms with van der Waals surface area (Å²) in [7, 11) is 0. The molecule has 0 fully saturated rings. The van der Waals surface area contributed by atoms with Crippen molar-refractivity contribution < 1.29 is 4.39 Å². The third kappa shape index (κ3) is 2.92. The molecular formula is C16H17FN4. The molecule has 3 rings (SSSR count). The summed E-state index contributed by atoms with van der Waals surface area (Å²) >= 11 is 0. The highest BCUT2D eigenvalue weighted by molar-refractivity contribution is 5.38. The van der Waals surface area contributed by atoms with Crippen molar-refractivity contribution in [3.63, 3.8) is 0 Å². The predicted molar refractivity (Wildman–Crippen MR) is 79.4 cm³/mol. The minimum absolute atomic E-state index is 0.0683. The summed E-state index contributed by atoms with van der Waals surface area (Å²) in [4.78, 5) is 4.36. The molecule has 0 unspecified atom stereocenters. The summed E-state index contributed by atoms with van der Waals surface area (Å²) in [6.45, 7) is 4.49. The van der Waals surface area contributed by atoms with E-state index in [-0.39, 0.29) is 11.9 Å². The molecule has 0 bridgehead atoms. The van der Waals surface area contributed by atoms with Crippen LogP contribution in [0.5, 0.6) is 0 Å². The molecule has 0 aliphatic heterocycles. The molecule has 0 amide bonds. The molecule has 21 heavy (non-hydrogen) atoms. The van der Waals surface area contributed by atoms with E-state index in [2.05, 4.69) is 15.4 Å². The molecule has 0 aliphatic carbocycles. The Morgan fingerprint density at radius 3 is 2.95 bits per heavy atom. The van der Waals surface area contributed by atoms with Crippen molar-refractivity contribution in [2.45, 2.75) is 26.4 Å². The molecule has 2 heterocycles. The molecule has 0 aliphatic rings. The second kappa shape index (κ2) is 5.61. The lowest BCUT2D eigenvalue weighted by Crippen LogP contribution is -2.19. The first-order valence-electron chi connectivity index (χ1n) is 6.92. The van der Waals surface area contributed by atoms with E-state index >= 15 is 0 Å². The Kier molecular flexibility index (Phi) is 3.66. The monoisotopic (exact) mass is 284 g/mol. The van der Waals surface area contributed by atoms with Crippen molar-refractivity contribution >= 4 is 5.65 Å². The molecule has 108 valence electrons. The zero-order valence-corrected chi connectivity index (χ0v) is 12.0. The lowest BCUT2D eigenvalue weighted by molar-refractivity contribution is 0.527. The fraction of sp³-hybridized carbons (Fsp3) is 0.250. The van der Waals surface area contributed by atoms with Gasteiger partial charge in [0.1, 0.15) is 5.82 Å². The van der Waals surface area contributed by atoms with E-state index in [1.54, 1.807) is 16.6 Å². The quantitative estimate of drug-likeness (QED) is 0.800. The maximum absolute atomic E-state index is 13.7. The normalized spacial score (nSPS) is 12.7. The average molecular weight is 284 g/mol. The average Bonchev–Trinajstić information content (AvgIpc) is 2.84. The first kappa shape index (κ1) is 13.7. The third-order valence-electron chi connectivity index (χ3n) is 3.47. The maximum atomic E-state index is 13.7. The smallest absolute Gasteiger partial charge is 0.155 e. The van der Waals surface area contributed by atoms with Crippen LogP contribution >= 0.6 is 0 Å². The van der Waals surface area contributed by atoms with Gasteiger partial charge in [-0.15, -0.1) is 0 Å². The second-order valence-corrected chi connectivity index (χ2v) is 5.17. The van der Waals surface area contributed by atoms with Gasteiger partial charge in [-0.25, -0.2) is 13.9 Å². The number of aryl methyl sites for hydroxylation is 1. The first-order valence-corrected chi connectivity index (χ1v) is 6.92. The van der Waals surface area contributed by atoms with Crippen LogP contribution < -0.4 is 5.32 Å². The molecule has 1 aromatic carbocycles. The third-order valence-corrected chi connectivity index (χ3v) is 3.47. The topological polar surface area (TPSA) is 42.2 Å². The van der Waals surface area contributed by atoms with Crippen molar-refractivity contribution in [2.24, 2.45) is 0 Å². The number of nitrogens with one attached hydrogen (secondary N) is 1. The van der Waals surface area contributed by atoms with Gasteiger partial charge >= 0.3 is 0 Å². The minimum atomic E-state index is -0.186. The summed E-state index contributed by atoms with van der Waals surface area (Å²) in [5, 5.41) is 7.65. The number of benzene rings is 1. The number of nitrogens with zero attached hydrogens (tertiary/aromatic N) is 3. The SMILES string of the molecule is Cc1cc2ncc(CN[C@H](C)c3ccccc3F)cn2n1. The molecule has 0 saturated heterocycles. The Labute approximate surface area is 122 Å². The van der Waals surface area contributed by atoms with Crippen molar-refractivity contribution in [2.75, 3.05) is 0 Å². The summed E-state index contributed by atoms with van der Waals surface area (Å²) in [5.74, 6) is -0.186. The summed E-state index contributed by atoms with van der Waals surface area (Å²) in [6.07, 6.45) is 3.76. The van der Waals surface area contributed by atoms with Crippen LogP contribution in [-0.4, -0.2) is 14.6 Å². The zero-order chi connectivity index (χ0) is 14.8. The Morgan fingerprint density at radius 1 is 1.33 bits per heavy atom. The van der Waals surface area contributed by atoms with E-state index in [1.807, 2.05) is 38.4 Å². The van der Waals surface area contributed by atoms with Crippen molar-refractivity contribution in [3.8, 4) is 0 Å². The number of hydrogen-bond acceptors (Lipinski definition) is 3. The Hall–Kier alpha value is -2.27. The largest absolute Gasteiger partial charge is 0.306 e. The fourth-order valence-corrected chi connectivity index (χ4v) is 2.33. The highest BCUT2D eigenvalue weighted by Crippen LogP contribution is 2.16. The Bertz CT molecular complexity index is 766. The molecule has 5 heteroatoms. The van der Waals surface area contributed by atoms with Crippen molar-refractivity contribution in [3.05, 3.63) is 65.4 Å². The van der Waals surface area contributed by atoms with Gasteiger partial charge in [-0.2, -0.15) is 5.10 Å². The van der Waals surface area contributed by atoms with E-state index in [9.17, 15) is 4.39 Å².